The molecule has 9 nitrogen and oxygen atoms in total. The van der Waals surface area contributed by atoms with Crippen molar-refractivity contribution < 1.29 is 17.9 Å². The molecule has 0 atom stereocenters. The van der Waals surface area contributed by atoms with E-state index >= 15 is 0 Å². The summed E-state index contributed by atoms with van der Waals surface area (Å²) in [5.41, 5.74) is 0. The number of hydrogen-bond donors (Lipinski definition) is 2. The largest absolute Gasteiger partial charge is 0.378 e. The third-order valence-electron chi connectivity index (χ3n) is 5.43. The Hall–Kier alpha value is -1.39. The first-order chi connectivity index (χ1) is 14.3. The van der Waals surface area contributed by atoms with Crippen LogP contribution < -0.4 is 10.6 Å². The predicted molar refractivity (Wildman–Crippen MR) is 119 cm³/mol. The van der Waals surface area contributed by atoms with Gasteiger partial charge in [0.15, 0.2) is 5.96 Å². The summed E-state index contributed by atoms with van der Waals surface area (Å²) < 4.78 is 31.9. The van der Waals surface area contributed by atoms with Crippen LogP contribution in [-0.4, -0.2) is 93.8 Å². The van der Waals surface area contributed by atoms with Crippen molar-refractivity contribution in [3.05, 3.63) is 0 Å². The van der Waals surface area contributed by atoms with Crippen LogP contribution in [0.25, 0.3) is 0 Å². The quantitative estimate of drug-likeness (QED) is 0.275. The lowest BCUT2D eigenvalue weighted by Crippen LogP contribution is -2.54. The first-order valence-corrected chi connectivity index (χ1v) is 12.8. The Bertz CT molecular complexity index is 656. The highest BCUT2D eigenvalue weighted by atomic mass is 32.2. The normalized spacial score (nSPS) is 19.1. The van der Waals surface area contributed by atoms with Gasteiger partial charge in [0.25, 0.3) is 0 Å². The molecule has 0 spiro atoms. The molecule has 1 saturated carbocycles. The molecule has 174 valence electrons. The van der Waals surface area contributed by atoms with Gasteiger partial charge in [-0.3, -0.25) is 9.79 Å². The fourth-order valence-electron chi connectivity index (χ4n) is 3.41. The standard InChI is InChI=1S/C20H39N5O4S/c1-4-21-20(23-10-6-9-22-19(26)18-7-5-8-18)24-11-13-25(14-12-24)30(27,28)16-15-29-17(2)3/h17-18H,4-16H2,1-3H3,(H,21,23)(H,22,26). The Balaban J connectivity index is 1.74. The number of nitrogens with one attached hydrogen (secondary N) is 2. The molecule has 0 aromatic rings. The Labute approximate surface area is 181 Å². The topological polar surface area (TPSA) is 103 Å². The van der Waals surface area contributed by atoms with Crippen LogP contribution in [0, 0.1) is 5.92 Å². The molecule has 0 aromatic heterocycles. The number of amides is 1. The first kappa shape index (κ1) is 24.9. The minimum Gasteiger partial charge on any atom is -0.378 e. The minimum atomic E-state index is -3.30. The minimum absolute atomic E-state index is 0.0198. The van der Waals surface area contributed by atoms with Crippen LogP contribution in [-0.2, 0) is 19.6 Å². The van der Waals surface area contributed by atoms with Gasteiger partial charge < -0.3 is 20.3 Å². The maximum Gasteiger partial charge on any atom is 0.223 e. The van der Waals surface area contributed by atoms with E-state index in [0.29, 0.717) is 39.3 Å². The van der Waals surface area contributed by atoms with E-state index in [1.807, 2.05) is 20.8 Å². The summed E-state index contributed by atoms with van der Waals surface area (Å²) in [7, 11) is -3.30. The van der Waals surface area contributed by atoms with Gasteiger partial charge >= 0.3 is 0 Å². The van der Waals surface area contributed by atoms with E-state index in [1.165, 1.54) is 0 Å². The number of guanidine groups is 1. The molecule has 2 rings (SSSR count). The third-order valence-corrected chi connectivity index (χ3v) is 7.27. The van der Waals surface area contributed by atoms with Gasteiger partial charge in [-0.1, -0.05) is 6.42 Å². The zero-order valence-electron chi connectivity index (χ0n) is 18.7. The maximum atomic E-state index is 12.5. The van der Waals surface area contributed by atoms with Crippen LogP contribution in [0.15, 0.2) is 4.99 Å². The molecular formula is C20H39N5O4S. The number of ether oxygens (including phenoxy) is 1. The molecule has 1 saturated heterocycles. The Morgan fingerprint density at radius 3 is 2.43 bits per heavy atom. The van der Waals surface area contributed by atoms with Crippen LogP contribution in [0.2, 0.25) is 0 Å². The van der Waals surface area contributed by atoms with E-state index in [9.17, 15) is 13.2 Å². The maximum absolute atomic E-state index is 12.5. The predicted octanol–water partition coefficient (Wildman–Crippen LogP) is 0.631. The highest BCUT2D eigenvalue weighted by Gasteiger charge is 2.28. The van der Waals surface area contributed by atoms with E-state index in [-0.39, 0.29) is 30.3 Å². The molecule has 0 radical (unpaired) electrons. The molecule has 10 heteroatoms. The second kappa shape index (κ2) is 12.5. The zero-order chi connectivity index (χ0) is 22.0. The molecule has 30 heavy (non-hydrogen) atoms. The van der Waals surface area contributed by atoms with E-state index < -0.39 is 10.0 Å². The summed E-state index contributed by atoms with van der Waals surface area (Å²) in [6.07, 6.45) is 4.01. The van der Waals surface area contributed by atoms with Gasteiger partial charge in [0.2, 0.25) is 15.9 Å². The number of piperazine rings is 1. The Morgan fingerprint density at radius 2 is 1.87 bits per heavy atom. The summed E-state index contributed by atoms with van der Waals surface area (Å²) in [5, 5.41) is 6.28. The molecule has 1 amide bonds. The average molecular weight is 446 g/mol. The number of hydrogen-bond acceptors (Lipinski definition) is 5. The van der Waals surface area contributed by atoms with E-state index in [2.05, 4.69) is 20.5 Å². The summed E-state index contributed by atoms with van der Waals surface area (Å²) >= 11 is 0. The van der Waals surface area contributed by atoms with Crippen molar-refractivity contribution in [1.29, 1.82) is 0 Å². The molecule has 0 unspecified atom stereocenters. The monoisotopic (exact) mass is 445 g/mol. The molecule has 0 aromatic carbocycles. The first-order valence-electron chi connectivity index (χ1n) is 11.2. The van der Waals surface area contributed by atoms with Crippen molar-refractivity contribution in [3.8, 4) is 0 Å². The molecule has 1 aliphatic heterocycles. The summed E-state index contributed by atoms with van der Waals surface area (Å²) in [4.78, 5) is 18.6. The second-order valence-corrected chi connectivity index (χ2v) is 10.2. The number of nitrogens with zero attached hydrogens (tertiary/aromatic N) is 3. The van der Waals surface area contributed by atoms with Crippen molar-refractivity contribution in [3.63, 3.8) is 0 Å². The van der Waals surface area contributed by atoms with Gasteiger partial charge in [0.05, 0.1) is 18.5 Å². The highest BCUT2D eigenvalue weighted by molar-refractivity contribution is 7.89. The lowest BCUT2D eigenvalue weighted by Gasteiger charge is -2.36. The van der Waals surface area contributed by atoms with Gasteiger partial charge in [-0.25, -0.2) is 8.42 Å². The SMILES string of the molecule is CCNC(=NCCCNC(=O)C1CCC1)N1CCN(S(=O)(=O)CCOC(C)C)CC1. The third kappa shape index (κ3) is 8.03. The number of aliphatic imine (C=N–C) groups is 1. The summed E-state index contributed by atoms with van der Waals surface area (Å²) in [6, 6.07) is 0. The highest BCUT2D eigenvalue weighted by Crippen LogP contribution is 2.26. The average Bonchev–Trinajstić information content (AvgIpc) is 2.65. The number of sulfonamides is 1. The zero-order valence-corrected chi connectivity index (χ0v) is 19.5. The van der Waals surface area contributed by atoms with E-state index in [1.54, 1.807) is 4.31 Å². The van der Waals surface area contributed by atoms with Crippen LogP contribution in [0.4, 0.5) is 0 Å². The van der Waals surface area contributed by atoms with Crippen molar-refractivity contribution in [2.24, 2.45) is 10.9 Å². The molecule has 1 heterocycles. The smallest absolute Gasteiger partial charge is 0.223 e. The molecule has 2 fully saturated rings. The number of carbonyl (C=O) groups excluding carboxylic acids is 1. The van der Waals surface area contributed by atoms with Gasteiger partial charge in [-0.05, 0) is 40.0 Å². The summed E-state index contributed by atoms with van der Waals surface area (Å²) in [5.74, 6) is 1.22. The van der Waals surface area contributed by atoms with Crippen molar-refractivity contribution in [2.75, 3.05) is 58.2 Å². The van der Waals surface area contributed by atoms with Gasteiger partial charge in [0.1, 0.15) is 0 Å². The molecule has 2 N–H and O–H groups in total. The van der Waals surface area contributed by atoms with Crippen LogP contribution in [0.5, 0.6) is 0 Å². The van der Waals surface area contributed by atoms with E-state index in [0.717, 1.165) is 38.2 Å². The van der Waals surface area contributed by atoms with Crippen molar-refractivity contribution >= 4 is 21.9 Å². The summed E-state index contributed by atoms with van der Waals surface area (Å²) in [6.45, 7) is 10.2. The van der Waals surface area contributed by atoms with Gasteiger partial charge in [0, 0.05) is 51.7 Å². The molecule has 1 aliphatic carbocycles. The molecular weight excluding hydrogens is 406 g/mol. The number of carbonyl (C=O) groups is 1. The molecule has 2 aliphatic rings. The van der Waals surface area contributed by atoms with Crippen LogP contribution >= 0.6 is 0 Å². The van der Waals surface area contributed by atoms with Crippen LogP contribution in [0.1, 0.15) is 46.5 Å². The Kier molecular flexibility index (Phi) is 10.3. The lowest BCUT2D eigenvalue weighted by atomic mass is 9.85. The van der Waals surface area contributed by atoms with Crippen molar-refractivity contribution in [1.82, 2.24) is 19.8 Å². The molecule has 0 bridgehead atoms. The van der Waals surface area contributed by atoms with Crippen molar-refractivity contribution in [2.45, 2.75) is 52.6 Å². The Morgan fingerprint density at radius 1 is 1.17 bits per heavy atom. The fourth-order valence-corrected chi connectivity index (χ4v) is 4.70. The van der Waals surface area contributed by atoms with Gasteiger partial charge in [-0.2, -0.15) is 4.31 Å². The van der Waals surface area contributed by atoms with Crippen LogP contribution in [0.3, 0.4) is 0 Å². The lowest BCUT2D eigenvalue weighted by molar-refractivity contribution is -0.127. The van der Waals surface area contributed by atoms with E-state index in [4.69, 9.17) is 4.74 Å². The number of rotatable bonds is 11. The second-order valence-electron chi connectivity index (χ2n) is 8.13. The fraction of sp³-hybridized carbons (Fsp3) is 0.900. The van der Waals surface area contributed by atoms with Gasteiger partial charge in [-0.15, -0.1) is 0 Å².